The number of anilines is 1. The van der Waals surface area contributed by atoms with Crippen LogP contribution in [0, 0.1) is 0 Å². The van der Waals surface area contributed by atoms with E-state index in [1.165, 1.54) is 5.69 Å². The minimum absolute atomic E-state index is 0.427. The molecule has 2 heterocycles. The molecule has 5 nitrogen and oxygen atoms in total. The maximum Gasteiger partial charge on any atom is 0.0951 e. The van der Waals surface area contributed by atoms with E-state index in [9.17, 15) is 0 Å². The predicted octanol–water partition coefficient (Wildman–Crippen LogP) is 2.95. The Hall–Kier alpha value is -2.30. The van der Waals surface area contributed by atoms with E-state index in [1.807, 2.05) is 24.8 Å². The van der Waals surface area contributed by atoms with E-state index in [0.717, 1.165) is 23.1 Å². The van der Waals surface area contributed by atoms with Crippen LogP contribution < -0.4 is 5.32 Å². The smallest absolute Gasteiger partial charge is 0.0951 e. The Morgan fingerprint density at radius 2 is 2.21 bits per heavy atom. The molecule has 2 N–H and O–H groups in total. The zero-order valence-electron chi connectivity index (χ0n) is 11.1. The Balaban J connectivity index is 1.76. The number of hydrogen-bond donors (Lipinski definition) is 2. The van der Waals surface area contributed by atoms with E-state index in [2.05, 4.69) is 51.0 Å². The Morgan fingerprint density at radius 3 is 3.05 bits per heavy atom. The van der Waals surface area contributed by atoms with Crippen molar-refractivity contribution in [1.29, 1.82) is 0 Å². The SMILES string of the molecule is CC(C)n1cncc1CNc1ccc2[nH]ncc2c1. The maximum absolute atomic E-state index is 4.21. The molecule has 0 saturated heterocycles. The summed E-state index contributed by atoms with van der Waals surface area (Å²) in [6, 6.07) is 6.60. The van der Waals surface area contributed by atoms with E-state index in [-0.39, 0.29) is 0 Å². The van der Waals surface area contributed by atoms with Crippen LogP contribution in [0.4, 0.5) is 5.69 Å². The molecule has 0 bridgehead atoms. The van der Waals surface area contributed by atoms with Crippen LogP contribution in [0.15, 0.2) is 36.9 Å². The fourth-order valence-corrected chi connectivity index (χ4v) is 2.18. The molecular weight excluding hydrogens is 238 g/mol. The van der Waals surface area contributed by atoms with E-state index >= 15 is 0 Å². The lowest BCUT2D eigenvalue weighted by molar-refractivity contribution is 0.577. The highest BCUT2D eigenvalue weighted by atomic mass is 15.1. The van der Waals surface area contributed by atoms with Gasteiger partial charge in [-0.2, -0.15) is 5.10 Å². The van der Waals surface area contributed by atoms with Gasteiger partial charge < -0.3 is 9.88 Å². The zero-order chi connectivity index (χ0) is 13.2. The van der Waals surface area contributed by atoms with E-state index in [1.54, 1.807) is 0 Å². The average Bonchev–Trinajstić information content (AvgIpc) is 3.04. The number of aromatic amines is 1. The molecular formula is C14H17N5. The first kappa shape index (κ1) is 11.8. The van der Waals surface area contributed by atoms with Crippen molar-refractivity contribution in [3.63, 3.8) is 0 Å². The molecule has 1 aromatic carbocycles. The van der Waals surface area contributed by atoms with Crippen molar-refractivity contribution in [2.24, 2.45) is 0 Å². The van der Waals surface area contributed by atoms with Crippen LogP contribution >= 0.6 is 0 Å². The molecule has 19 heavy (non-hydrogen) atoms. The predicted molar refractivity (Wildman–Crippen MR) is 76.0 cm³/mol. The largest absolute Gasteiger partial charge is 0.379 e. The minimum atomic E-state index is 0.427. The van der Waals surface area contributed by atoms with Gasteiger partial charge in [0.1, 0.15) is 0 Å². The first-order valence-electron chi connectivity index (χ1n) is 6.42. The van der Waals surface area contributed by atoms with Crippen molar-refractivity contribution in [2.75, 3.05) is 5.32 Å². The van der Waals surface area contributed by atoms with Crippen molar-refractivity contribution < 1.29 is 0 Å². The van der Waals surface area contributed by atoms with Gasteiger partial charge in [0.15, 0.2) is 0 Å². The lowest BCUT2D eigenvalue weighted by Gasteiger charge is -2.13. The molecule has 0 saturated carbocycles. The number of rotatable bonds is 4. The minimum Gasteiger partial charge on any atom is -0.379 e. The Morgan fingerprint density at radius 1 is 1.32 bits per heavy atom. The number of nitrogens with one attached hydrogen (secondary N) is 2. The average molecular weight is 255 g/mol. The van der Waals surface area contributed by atoms with Crippen molar-refractivity contribution in [2.45, 2.75) is 26.4 Å². The van der Waals surface area contributed by atoms with Gasteiger partial charge in [0.05, 0.1) is 30.3 Å². The second-order valence-electron chi connectivity index (χ2n) is 4.91. The topological polar surface area (TPSA) is 58.5 Å². The van der Waals surface area contributed by atoms with Gasteiger partial charge in [0, 0.05) is 23.3 Å². The standard InChI is InChI=1S/C14H17N5/c1-10(2)19-9-15-7-13(19)8-16-12-3-4-14-11(5-12)6-17-18-14/h3-7,9-10,16H,8H2,1-2H3,(H,17,18). The summed E-state index contributed by atoms with van der Waals surface area (Å²) < 4.78 is 2.17. The van der Waals surface area contributed by atoms with Crippen molar-refractivity contribution in [3.05, 3.63) is 42.6 Å². The zero-order valence-corrected chi connectivity index (χ0v) is 11.1. The van der Waals surface area contributed by atoms with Crippen LogP contribution in [0.5, 0.6) is 0 Å². The number of fused-ring (bicyclic) bond motifs is 1. The molecule has 0 atom stereocenters. The number of nitrogens with zero attached hydrogens (tertiary/aromatic N) is 3. The summed E-state index contributed by atoms with van der Waals surface area (Å²) in [5.74, 6) is 0. The lowest BCUT2D eigenvalue weighted by Crippen LogP contribution is -2.08. The molecule has 0 aliphatic carbocycles. The van der Waals surface area contributed by atoms with Crippen molar-refractivity contribution >= 4 is 16.6 Å². The lowest BCUT2D eigenvalue weighted by atomic mass is 10.2. The van der Waals surface area contributed by atoms with Gasteiger partial charge in [0.2, 0.25) is 0 Å². The van der Waals surface area contributed by atoms with Crippen LogP contribution in [0.2, 0.25) is 0 Å². The summed E-state index contributed by atoms with van der Waals surface area (Å²) in [6.45, 7) is 5.08. The van der Waals surface area contributed by atoms with Gasteiger partial charge in [-0.1, -0.05) is 0 Å². The first-order valence-corrected chi connectivity index (χ1v) is 6.42. The number of aromatic nitrogens is 4. The summed E-state index contributed by atoms with van der Waals surface area (Å²) in [7, 11) is 0. The first-order chi connectivity index (χ1) is 9.24. The maximum atomic E-state index is 4.21. The summed E-state index contributed by atoms with van der Waals surface area (Å²) in [6.07, 6.45) is 5.61. The van der Waals surface area contributed by atoms with E-state index in [4.69, 9.17) is 0 Å². The number of imidazole rings is 1. The van der Waals surface area contributed by atoms with Crippen LogP contribution in [0.3, 0.4) is 0 Å². The van der Waals surface area contributed by atoms with Crippen LogP contribution in [-0.2, 0) is 6.54 Å². The monoisotopic (exact) mass is 255 g/mol. The Bertz CT molecular complexity index is 680. The Labute approximate surface area is 111 Å². The third kappa shape index (κ3) is 2.31. The van der Waals surface area contributed by atoms with Crippen LogP contribution in [-0.4, -0.2) is 19.7 Å². The van der Waals surface area contributed by atoms with Crippen molar-refractivity contribution in [1.82, 2.24) is 19.7 Å². The fourth-order valence-electron chi connectivity index (χ4n) is 2.18. The van der Waals surface area contributed by atoms with Gasteiger partial charge in [-0.3, -0.25) is 5.10 Å². The third-order valence-corrected chi connectivity index (χ3v) is 3.22. The molecule has 0 radical (unpaired) electrons. The van der Waals surface area contributed by atoms with E-state index in [0.29, 0.717) is 6.04 Å². The highest BCUT2D eigenvalue weighted by molar-refractivity contribution is 5.81. The quantitative estimate of drug-likeness (QED) is 0.753. The summed E-state index contributed by atoms with van der Waals surface area (Å²) in [4.78, 5) is 4.21. The van der Waals surface area contributed by atoms with Gasteiger partial charge in [-0.25, -0.2) is 4.98 Å². The molecule has 0 aliphatic rings. The molecule has 3 aromatic rings. The fraction of sp³-hybridized carbons (Fsp3) is 0.286. The highest BCUT2D eigenvalue weighted by Crippen LogP contribution is 2.18. The van der Waals surface area contributed by atoms with Crippen molar-refractivity contribution in [3.8, 4) is 0 Å². The number of hydrogen-bond acceptors (Lipinski definition) is 3. The second-order valence-corrected chi connectivity index (χ2v) is 4.91. The summed E-state index contributed by atoms with van der Waals surface area (Å²) >= 11 is 0. The second kappa shape index (κ2) is 4.76. The molecule has 3 rings (SSSR count). The molecule has 0 spiro atoms. The van der Waals surface area contributed by atoms with Gasteiger partial charge in [0.25, 0.3) is 0 Å². The normalized spacial score (nSPS) is 11.3. The molecule has 0 aliphatic heterocycles. The highest BCUT2D eigenvalue weighted by Gasteiger charge is 2.05. The van der Waals surface area contributed by atoms with Gasteiger partial charge in [-0.15, -0.1) is 0 Å². The third-order valence-electron chi connectivity index (χ3n) is 3.22. The summed E-state index contributed by atoms with van der Waals surface area (Å²) in [5, 5.41) is 11.5. The van der Waals surface area contributed by atoms with Crippen LogP contribution in [0.25, 0.3) is 10.9 Å². The summed E-state index contributed by atoms with van der Waals surface area (Å²) in [5.41, 5.74) is 3.32. The van der Waals surface area contributed by atoms with Gasteiger partial charge in [-0.05, 0) is 32.0 Å². The molecule has 2 aromatic heterocycles. The molecule has 98 valence electrons. The van der Waals surface area contributed by atoms with Crippen LogP contribution in [0.1, 0.15) is 25.6 Å². The molecule has 0 unspecified atom stereocenters. The van der Waals surface area contributed by atoms with Gasteiger partial charge >= 0.3 is 0 Å². The molecule has 5 heteroatoms. The number of H-pyrrole nitrogens is 1. The molecule has 0 fully saturated rings. The number of benzene rings is 1. The van der Waals surface area contributed by atoms with E-state index < -0.39 is 0 Å². The molecule has 0 amide bonds. The Kier molecular flexibility index (Phi) is 2.95.